The summed E-state index contributed by atoms with van der Waals surface area (Å²) >= 11 is 0. The number of cyclic esters (lactones) is 1. The first-order valence-electron chi connectivity index (χ1n) is 31.5. The fourth-order valence-electron chi connectivity index (χ4n) is 11.5. The number of aromatic nitrogens is 6. The number of carbonyl (C=O) groups excluding carboxylic acids is 7. The number of hydrogen-bond donors (Lipinski definition) is 12. The van der Waals surface area contributed by atoms with E-state index in [0.717, 1.165) is 38.3 Å². The molecule has 2 aliphatic heterocycles. The molecule has 2 aromatic carbocycles. The second kappa shape index (κ2) is 33.7. The predicted molar refractivity (Wildman–Crippen MR) is 358 cm³/mol. The van der Waals surface area contributed by atoms with Crippen LogP contribution >= 0.6 is 21.6 Å². The van der Waals surface area contributed by atoms with Gasteiger partial charge in [-0.2, -0.15) is 4.98 Å². The van der Waals surface area contributed by atoms with E-state index in [9.17, 15) is 87.9 Å². The van der Waals surface area contributed by atoms with Crippen molar-refractivity contribution in [3.8, 4) is 17.1 Å². The zero-order valence-electron chi connectivity index (χ0n) is 54.0. The second-order valence-electron chi connectivity index (χ2n) is 23.7. The molecular weight excluding hydrogens is 1350 g/mol. The zero-order valence-corrected chi connectivity index (χ0v) is 55.6. The van der Waals surface area contributed by atoms with Gasteiger partial charge >= 0.3 is 36.0 Å². The number of pyridine rings is 2. The van der Waals surface area contributed by atoms with Crippen molar-refractivity contribution in [2.75, 3.05) is 30.4 Å². The SMILES string of the molecule is CCc1c2c(nc3ccc(OC(=O)OCCSSC[C@H](CC(=O)[C@H](CC(=O)O)NC(=O)[C@@H](CCCNC(=N)N)CC(=O)[C@H](CC(=O)O)NC(=O)CC[C@H](CC(=O)c4ccc(CCc5cnc6nc(N)[nH]c(=O)c6n5)cc4)C(=O)O)C(=O)O)cc13)-c1cc3c(c(=O)n1C2)COC(=O)[C@@]3(O)CC. The molecule has 0 radical (unpaired) electrons. The van der Waals surface area contributed by atoms with E-state index in [0.29, 0.717) is 47.2 Å². The van der Waals surface area contributed by atoms with Crippen LogP contribution in [0.15, 0.2) is 64.3 Å². The molecule has 8 rings (SSSR count). The van der Waals surface area contributed by atoms with E-state index in [1.165, 1.54) is 29.0 Å². The molecule has 100 heavy (non-hydrogen) atoms. The van der Waals surface area contributed by atoms with Gasteiger partial charge in [0.2, 0.25) is 17.8 Å². The number of rotatable bonds is 37. The summed E-state index contributed by atoms with van der Waals surface area (Å²) < 4.78 is 17.4. The maximum absolute atomic E-state index is 14.0. The number of anilines is 1. The number of nitrogens with one attached hydrogen (secondary N) is 5. The third kappa shape index (κ3) is 18.9. The van der Waals surface area contributed by atoms with Crippen molar-refractivity contribution >= 4 is 121 Å². The molecule has 35 heteroatoms. The highest BCUT2D eigenvalue weighted by atomic mass is 33.1. The Morgan fingerprint density at radius 2 is 1.50 bits per heavy atom. The minimum Gasteiger partial charge on any atom is -0.481 e. The van der Waals surface area contributed by atoms with Crippen LogP contribution < -0.4 is 43.3 Å². The maximum Gasteiger partial charge on any atom is 0.513 e. The largest absolute Gasteiger partial charge is 0.513 e. The van der Waals surface area contributed by atoms with Crippen LogP contribution in [0.25, 0.3) is 33.5 Å². The van der Waals surface area contributed by atoms with Crippen LogP contribution in [0.1, 0.15) is 122 Å². The molecule has 2 aliphatic rings. The van der Waals surface area contributed by atoms with Crippen LogP contribution in [0, 0.1) is 23.2 Å². The molecule has 2 amide bonds. The number of hydrogen-bond acceptors (Lipinski definition) is 25. The number of Topliss-reactive ketones (excluding diaryl/α,β-unsaturated/α-hetero) is 3. The van der Waals surface area contributed by atoms with Crippen molar-refractivity contribution in [2.45, 2.75) is 128 Å². The van der Waals surface area contributed by atoms with Crippen LogP contribution in [-0.2, 0) is 90.6 Å². The van der Waals surface area contributed by atoms with Crippen LogP contribution in [-0.4, -0.2) is 163 Å². The molecule has 530 valence electrons. The topological polar surface area (TPSA) is 535 Å². The summed E-state index contributed by atoms with van der Waals surface area (Å²) in [6.07, 6.45) is -3.77. The Kier molecular flexibility index (Phi) is 25.3. The van der Waals surface area contributed by atoms with Gasteiger partial charge in [-0.3, -0.25) is 63.1 Å². The smallest absolute Gasteiger partial charge is 0.481 e. The predicted octanol–water partition coefficient (Wildman–Crippen LogP) is 3.10. The highest BCUT2D eigenvalue weighted by Gasteiger charge is 2.46. The number of ether oxygens (including phenoxy) is 3. The molecule has 0 spiro atoms. The number of H-pyrrole nitrogens is 1. The number of aliphatic carboxylic acids is 4. The molecule has 0 aliphatic carbocycles. The standard InChI is InChI=1S/C65H72N12O21S2/c1-3-38-39-23-37(14-15-43(39)73-53-40(38)28-77-46(53)24-42-41(58(77)88)29-97-61(93)65(42,95)4-2)98-64(94)96-18-19-99-100-30-35(60(91)92)22-49(80)45(26-52(84)85)74-56(86)33(6-5-17-69-62(66)67)20-48(79)44(25-51(82)83)72-50(81)16-12-34(59(89)90)21-47(78)32-10-7-31(8-11-32)9-13-36-27-70-55-54(71-36)57(87)76-63(68)75-55/h7-8,10-11,14-15,23-24,27,33-35,44-45,95H,3-6,9,12-13,16-22,25-26,28-30H2,1-2H3,(H,72,81)(H,74,86)(H,82,83)(H,84,85)(H,89,90)(H,91,92)(H4,66,67,69)(H3,68,70,75,76,87)/t33-,34+,35-,44-,45-,65+/m0/s1. The second-order valence-corrected chi connectivity index (χ2v) is 26.3. The lowest BCUT2D eigenvalue weighted by molar-refractivity contribution is -0.172. The van der Waals surface area contributed by atoms with E-state index in [4.69, 9.17) is 36.1 Å². The third-order valence-corrected chi connectivity index (χ3v) is 19.3. The Hall–Kier alpha value is -10.7. The molecule has 0 saturated carbocycles. The molecule has 0 saturated heterocycles. The number of ketones is 3. The van der Waals surface area contributed by atoms with Crippen LogP contribution in [0.5, 0.6) is 5.75 Å². The van der Waals surface area contributed by atoms with Gasteiger partial charge in [-0.15, -0.1) is 0 Å². The number of nitrogen functional groups attached to an aromatic ring is 1. The summed E-state index contributed by atoms with van der Waals surface area (Å²) in [5.41, 5.74) is 12.8. The maximum atomic E-state index is 14.0. The minimum atomic E-state index is -2.00. The van der Waals surface area contributed by atoms with E-state index in [2.05, 4.69) is 35.9 Å². The van der Waals surface area contributed by atoms with Gasteiger partial charge in [0, 0.05) is 71.7 Å². The lowest BCUT2D eigenvalue weighted by Crippen LogP contribution is -2.48. The van der Waals surface area contributed by atoms with Crippen molar-refractivity contribution in [1.82, 2.24) is 45.4 Å². The summed E-state index contributed by atoms with van der Waals surface area (Å²) in [4.78, 5) is 188. The monoisotopic (exact) mass is 1420 g/mol. The number of aliphatic hydroxyl groups is 1. The molecule has 0 bridgehead atoms. The summed E-state index contributed by atoms with van der Waals surface area (Å²) in [5, 5.41) is 66.2. The van der Waals surface area contributed by atoms with Gasteiger partial charge < -0.3 is 71.7 Å². The Labute approximate surface area is 575 Å². The summed E-state index contributed by atoms with van der Waals surface area (Å²) in [7, 11) is 2.06. The van der Waals surface area contributed by atoms with Crippen molar-refractivity contribution in [1.29, 1.82) is 5.41 Å². The van der Waals surface area contributed by atoms with Gasteiger partial charge in [0.1, 0.15) is 19.0 Å². The van der Waals surface area contributed by atoms with Crippen LogP contribution in [0.2, 0.25) is 0 Å². The number of fused-ring (bicyclic) bond motifs is 6. The minimum absolute atomic E-state index is 0.00974. The number of nitrogens with two attached hydrogens (primary N) is 2. The Bertz CT molecular complexity index is 4360. The Morgan fingerprint density at radius 3 is 2.16 bits per heavy atom. The number of aromatic amines is 1. The molecule has 14 N–H and O–H groups in total. The lowest BCUT2D eigenvalue weighted by atomic mass is 9.86. The summed E-state index contributed by atoms with van der Waals surface area (Å²) in [5.74, 6) is -16.4. The molecular formula is C65H72N12O21S2. The quantitative estimate of drug-likeness (QED) is 0.00506. The van der Waals surface area contributed by atoms with Gasteiger partial charge in [0.15, 0.2) is 40.1 Å². The summed E-state index contributed by atoms with van der Waals surface area (Å²) in [6.45, 7) is 3.14. The number of benzene rings is 2. The highest BCUT2D eigenvalue weighted by molar-refractivity contribution is 8.76. The molecule has 6 heterocycles. The van der Waals surface area contributed by atoms with Crippen molar-refractivity contribution in [3.05, 3.63) is 115 Å². The fraction of sp³-hybridized carbons (Fsp3) is 0.415. The highest BCUT2D eigenvalue weighted by Crippen LogP contribution is 2.41. The average molecular weight is 1420 g/mol. The average Bonchev–Trinajstić information content (AvgIpc) is 1.52. The Balaban J connectivity index is 0.812. The molecule has 6 atom stereocenters. The Morgan fingerprint density at radius 1 is 0.810 bits per heavy atom. The fourth-order valence-corrected chi connectivity index (χ4v) is 13.7. The number of aryl methyl sites for hydroxylation is 3. The number of esters is 1. The normalized spacial score (nSPS) is 15.1. The van der Waals surface area contributed by atoms with Gasteiger partial charge in [0.05, 0.1) is 77.7 Å². The number of amides is 2. The van der Waals surface area contributed by atoms with Gasteiger partial charge in [-0.1, -0.05) is 59.7 Å². The number of carboxylic acid groups (broad SMARTS) is 4. The zero-order chi connectivity index (χ0) is 72.7. The van der Waals surface area contributed by atoms with Gasteiger partial charge in [-0.25, -0.2) is 24.5 Å². The van der Waals surface area contributed by atoms with Crippen LogP contribution in [0.4, 0.5) is 10.7 Å². The first-order valence-corrected chi connectivity index (χ1v) is 34.0. The number of guanidine groups is 1. The molecule has 0 unspecified atom stereocenters. The lowest BCUT2D eigenvalue weighted by Gasteiger charge is -2.31. The first-order chi connectivity index (χ1) is 47.6. The number of nitrogens with zero attached hydrogens (tertiary/aromatic N) is 5. The molecule has 0 fully saturated rings. The van der Waals surface area contributed by atoms with Crippen molar-refractivity contribution in [2.24, 2.45) is 23.5 Å². The third-order valence-electron chi connectivity index (χ3n) is 16.9. The van der Waals surface area contributed by atoms with Crippen LogP contribution in [0.3, 0.4) is 0 Å². The number of carboxylic acids is 4. The molecule has 6 aromatic rings. The summed E-state index contributed by atoms with van der Waals surface area (Å²) in [6, 6.07) is 8.97. The van der Waals surface area contributed by atoms with E-state index in [1.54, 1.807) is 37.3 Å². The van der Waals surface area contributed by atoms with Gasteiger partial charge in [0.25, 0.3) is 11.1 Å². The van der Waals surface area contributed by atoms with E-state index in [1.807, 2.05) is 6.92 Å². The first kappa shape index (κ1) is 75.1. The number of carbonyl (C=O) groups is 11. The van der Waals surface area contributed by atoms with Crippen molar-refractivity contribution in [3.63, 3.8) is 0 Å². The van der Waals surface area contributed by atoms with Crippen molar-refractivity contribution < 1.29 is 92.5 Å². The van der Waals surface area contributed by atoms with E-state index in [-0.39, 0.29) is 96.6 Å². The van der Waals surface area contributed by atoms with E-state index >= 15 is 0 Å². The van der Waals surface area contributed by atoms with Gasteiger partial charge in [-0.05, 0) is 80.3 Å². The van der Waals surface area contributed by atoms with E-state index < -0.39 is 163 Å². The molecule has 33 nitrogen and oxygen atoms in total. The molecule has 4 aromatic heterocycles.